The number of imidazole rings is 1. The second-order valence-corrected chi connectivity index (χ2v) is 5.49. The highest BCUT2D eigenvalue weighted by atomic mass is 16.3. The highest BCUT2D eigenvalue weighted by Gasteiger charge is 2.21. The third-order valence-electron chi connectivity index (χ3n) is 3.90. The summed E-state index contributed by atoms with van der Waals surface area (Å²) in [6.07, 6.45) is 4.51. The first-order chi connectivity index (χ1) is 9.13. The SMILES string of the molecule is Cc1ncn(Cc2cc(CNC3CC3)c(C)o2)c1C. The van der Waals surface area contributed by atoms with Crippen LogP contribution in [0.1, 0.15) is 41.3 Å². The fraction of sp³-hybridized carbons (Fsp3) is 0.533. The van der Waals surface area contributed by atoms with E-state index in [-0.39, 0.29) is 0 Å². The molecule has 0 aromatic carbocycles. The van der Waals surface area contributed by atoms with E-state index in [4.69, 9.17) is 4.42 Å². The highest BCUT2D eigenvalue weighted by molar-refractivity contribution is 5.22. The zero-order valence-electron chi connectivity index (χ0n) is 11.9. The average Bonchev–Trinajstić information content (AvgIpc) is 3.08. The summed E-state index contributed by atoms with van der Waals surface area (Å²) in [6, 6.07) is 2.90. The van der Waals surface area contributed by atoms with E-state index in [1.165, 1.54) is 24.1 Å². The van der Waals surface area contributed by atoms with Crippen molar-refractivity contribution in [3.63, 3.8) is 0 Å². The minimum absolute atomic E-state index is 0.733. The number of aryl methyl sites for hydroxylation is 2. The maximum Gasteiger partial charge on any atom is 0.124 e. The summed E-state index contributed by atoms with van der Waals surface area (Å²) in [5.74, 6) is 2.03. The number of nitrogens with zero attached hydrogens (tertiary/aromatic N) is 2. The minimum atomic E-state index is 0.733. The van der Waals surface area contributed by atoms with Gasteiger partial charge in [0, 0.05) is 23.8 Å². The van der Waals surface area contributed by atoms with Crippen LogP contribution in [0.4, 0.5) is 0 Å². The molecular formula is C15H21N3O. The summed E-state index contributed by atoms with van der Waals surface area (Å²) in [5.41, 5.74) is 3.56. The summed E-state index contributed by atoms with van der Waals surface area (Å²) in [6.45, 7) is 7.84. The van der Waals surface area contributed by atoms with Gasteiger partial charge in [0.2, 0.25) is 0 Å². The van der Waals surface area contributed by atoms with Gasteiger partial charge in [0.25, 0.3) is 0 Å². The first-order valence-electron chi connectivity index (χ1n) is 6.93. The van der Waals surface area contributed by atoms with Gasteiger partial charge >= 0.3 is 0 Å². The van der Waals surface area contributed by atoms with Crippen LogP contribution < -0.4 is 5.32 Å². The predicted molar refractivity (Wildman–Crippen MR) is 74.1 cm³/mol. The lowest BCUT2D eigenvalue weighted by Gasteiger charge is -2.02. The fourth-order valence-corrected chi connectivity index (χ4v) is 2.25. The molecule has 19 heavy (non-hydrogen) atoms. The number of hydrogen-bond donors (Lipinski definition) is 1. The summed E-state index contributed by atoms with van der Waals surface area (Å²) >= 11 is 0. The molecule has 2 heterocycles. The van der Waals surface area contributed by atoms with Gasteiger partial charge in [0.1, 0.15) is 11.5 Å². The maximum atomic E-state index is 5.85. The Labute approximate surface area is 113 Å². The van der Waals surface area contributed by atoms with E-state index in [9.17, 15) is 0 Å². The van der Waals surface area contributed by atoms with Crippen LogP contribution >= 0.6 is 0 Å². The molecule has 1 aliphatic carbocycles. The first kappa shape index (κ1) is 12.5. The summed E-state index contributed by atoms with van der Waals surface area (Å²) in [5, 5.41) is 3.53. The Kier molecular flexibility index (Phi) is 3.19. The first-order valence-corrected chi connectivity index (χ1v) is 6.93. The van der Waals surface area contributed by atoms with Gasteiger partial charge in [-0.05, 0) is 39.7 Å². The van der Waals surface area contributed by atoms with Gasteiger partial charge in [-0.1, -0.05) is 0 Å². The third-order valence-corrected chi connectivity index (χ3v) is 3.90. The number of aromatic nitrogens is 2. The standard InChI is InChI=1S/C15H21N3O/c1-10-11(2)18(9-17-10)8-15-6-13(12(3)19-15)7-16-14-4-5-14/h6,9,14,16H,4-5,7-8H2,1-3H3. The normalized spacial score (nSPS) is 15.1. The molecular weight excluding hydrogens is 238 g/mol. The molecule has 1 aliphatic rings. The molecule has 0 unspecified atom stereocenters. The molecule has 0 aliphatic heterocycles. The van der Waals surface area contributed by atoms with Gasteiger partial charge in [-0.3, -0.25) is 0 Å². The zero-order chi connectivity index (χ0) is 13.4. The van der Waals surface area contributed by atoms with Crippen LogP contribution in [0.2, 0.25) is 0 Å². The second kappa shape index (κ2) is 4.85. The molecule has 0 radical (unpaired) electrons. The van der Waals surface area contributed by atoms with E-state index >= 15 is 0 Å². The van der Waals surface area contributed by atoms with Crippen molar-refractivity contribution < 1.29 is 4.42 Å². The Balaban J connectivity index is 1.70. The largest absolute Gasteiger partial charge is 0.464 e. The van der Waals surface area contributed by atoms with Crippen molar-refractivity contribution in [2.75, 3.05) is 0 Å². The number of hydrogen-bond acceptors (Lipinski definition) is 3. The number of rotatable bonds is 5. The van der Waals surface area contributed by atoms with E-state index in [0.29, 0.717) is 0 Å². The number of nitrogens with one attached hydrogen (secondary N) is 1. The van der Waals surface area contributed by atoms with Gasteiger partial charge in [-0.25, -0.2) is 4.98 Å². The van der Waals surface area contributed by atoms with Crippen LogP contribution in [-0.4, -0.2) is 15.6 Å². The molecule has 1 fully saturated rings. The monoisotopic (exact) mass is 259 g/mol. The molecule has 3 rings (SSSR count). The predicted octanol–water partition coefficient (Wildman–Crippen LogP) is 2.70. The maximum absolute atomic E-state index is 5.85. The van der Waals surface area contributed by atoms with Crippen LogP contribution in [0.25, 0.3) is 0 Å². The topological polar surface area (TPSA) is 43.0 Å². The van der Waals surface area contributed by atoms with Crippen molar-refractivity contribution >= 4 is 0 Å². The van der Waals surface area contributed by atoms with E-state index in [0.717, 1.165) is 36.3 Å². The van der Waals surface area contributed by atoms with E-state index in [2.05, 4.69) is 27.9 Å². The second-order valence-electron chi connectivity index (χ2n) is 5.49. The summed E-state index contributed by atoms with van der Waals surface area (Å²) in [7, 11) is 0. The van der Waals surface area contributed by atoms with Crippen molar-refractivity contribution in [3.8, 4) is 0 Å². The molecule has 4 nitrogen and oxygen atoms in total. The molecule has 0 saturated heterocycles. The van der Waals surface area contributed by atoms with Crippen LogP contribution in [-0.2, 0) is 13.1 Å². The third kappa shape index (κ3) is 2.73. The molecule has 102 valence electrons. The minimum Gasteiger partial charge on any atom is -0.464 e. The van der Waals surface area contributed by atoms with Gasteiger partial charge in [-0.15, -0.1) is 0 Å². The van der Waals surface area contributed by atoms with Crippen molar-refractivity contribution in [1.82, 2.24) is 14.9 Å². The van der Waals surface area contributed by atoms with Gasteiger partial charge < -0.3 is 14.3 Å². The lowest BCUT2D eigenvalue weighted by molar-refractivity contribution is 0.464. The van der Waals surface area contributed by atoms with Crippen molar-refractivity contribution in [2.24, 2.45) is 0 Å². The van der Waals surface area contributed by atoms with Gasteiger partial charge in [-0.2, -0.15) is 0 Å². The Morgan fingerprint density at radius 1 is 1.37 bits per heavy atom. The molecule has 1 saturated carbocycles. The van der Waals surface area contributed by atoms with E-state index in [1.807, 2.05) is 20.2 Å². The smallest absolute Gasteiger partial charge is 0.124 e. The molecule has 0 amide bonds. The lowest BCUT2D eigenvalue weighted by Crippen LogP contribution is -2.15. The van der Waals surface area contributed by atoms with E-state index in [1.54, 1.807) is 0 Å². The highest BCUT2D eigenvalue weighted by Crippen LogP contribution is 2.21. The lowest BCUT2D eigenvalue weighted by atomic mass is 10.2. The molecule has 0 atom stereocenters. The van der Waals surface area contributed by atoms with Crippen molar-refractivity contribution in [2.45, 2.75) is 52.7 Å². The molecule has 4 heteroatoms. The van der Waals surface area contributed by atoms with Crippen molar-refractivity contribution in [1.29, 1.82) is 0 Å². The zero-order valence-corrected chi connectivity index (χ0v) is 11.9. The van der Waals surface area contributed by atoms with Gasteiger partial charge in [0.05, 0.1) is 18.6 Å². The molecule has 0 bridgehead atoms. The van der Waals surface area contributed by atoms with E-state index < -0.39 is 0 Å². The Bertz CT molecular complexity index is 578. The number of furan rings is 1. The Hall–Kier alpha value is -1.55. The quantitative estimate of drug-likeness (QED) is 0.897. The molecule has 1 N–H and O–H groups in total. The molecule has 2 aromatic rings. The van der Waals surface area contributed by atoms with Crippen molar-refractivity contribution in [3.05, 3.63) is 40.9 Å². The Morgan fingerprint density at radius 2 is 2.16 bits per heavy atom. The van der Waals surface area contributed by atoms with Crippen LogP contribution in [0, 0.1) is 20.8 Å². The summed E-state index contributed by atoms with van der Waals surface area (Å²) < 4.78 is 7.98. The van der Waals surface area contributed by atoms with Crippen LogP contribution in [0.5, 0.6) is 0 Å². The molecule has 2 aromatic heterocycles. The van der Waals surface area contributed by atoms with Crippen LogP contribution in [0.15, 0.2) is 16.8 Å². The Morgan fingerprint density at radius 3 is 2.79 bits per heavy atom. The average molecular weight is 259 g/mol. The molecule has 0 spiro atoms. The summed E-state index contributed by atoms with van der Waals surface area (Å²) in [4.78, 5) is 4.32. The fourth-order valence-electron chi connectivity index (χ4n) is 2.25. The van der Waals surface area contributed by atoms with Gasteiger partial charge in [0.15, 0.2) is 0 Å². The van der Waals surface area contributed by atoms with Crippen LogP contribution in [0.3, 0.4) is 0 Å².